The molecule has 1 aliphatic rings. The maximum atomic E-state index is 12.6. The molecule has 0 bridgehead atoms. The fraction of sp³-hybridized carbons (Fsp3) is 0.375. The van der Waals surface area contributed by atoms with Gasteiger partial charge in [0.25, 0.3) is 5.91 Å². The average molecular weight is 409 g/mol. The Morgan fingerprint density at radius 3 is 2.43 bits per heavy atom. The van der Waals surface area contributed by atoms with Crippen LogP contribution in [0.2, 0.25) is 0 Å². The Kier molecular flexibility index (Phi) is 5.45. The number of carbonyl (C=O) groups excluding carboxylic acids is 1. The Balaban J connectivity index is 1.79. The van der Waals surface area contributed by atoms with Gasteiger partial charge in [0, 0.05) is 25.8 Å². The van der Waals surface area contributed by atoms with E-state index in [4.69, 9.17) is 4.74 Å². The summed E-state index contributed by atoms with van der Waals surface area (Å²) in [5, 5.41) is 17.6. The van der Waals surface area contributed by atoms with Crippen LogP contribution in [0.5, 0.6) is 0 Å². The van der Waals surface area contributed by atoms with Gasteiger partial charge in [0.05, 0.1) is 23.0 Å². The van der Waals surface area contributed by atoms with E-state index in [-0.39, 0.29) is 35.1 Å². The highest BCUT2D eigenvalue weighted by Gasteiger charge is 2.29. The van der Waals surface area contributed by atoms with Gasteiger partial charge in [0.2, 0.25) is 15.7 Å². The Morgan fingerprint density at radius 2 is 1.86 bits per heavy atom. The van der Waals surface area contributed by atoms with Crippen LogP contribution in [0.4, 0.5) is 11.4 Å². The van der Waals surface area contributed by atoms with E-state index < -0.39 is 20.9 Å². The summed E-state index contributed by atoms with van der Waals surface area (Å²) in [7, 11) is -2.14. The molecule has 1 fully saturated rings. The summed E-state index contributed by atoms with van der Waals surface area (Å²) < 4.78 is 33.0. The molecule has 0 atom stereocenters. The number of rotatable bonds is 5. The van der Waals surface area contributed by atoms with E-state index in [1.807, 2.05) is 0 Å². The smallest absolute Gasteiger partial charge is 0.322 e. The van der Waals surface area contributed by atoms with Crippen LogP contribution in [0.1, 0.15) is 16.2 Å². The molecule has 1 aromatic heterocycles. The van der Waals surface area contributed by atoms with Gasteiger partial charge < -0.3 is 10.1 Å². The van der Waals surface area contributed by atoms with E-state index in [1.54, 1.807) is 0 Å². The lowest BCUT2D eigenvalue weighted by atomic mass is 10.2. The van der Waals surface area contributed by atoms with Gasteiger partial charge in [0.1, 0.15) is 5.69 Å². The van der Waals surface area contributed by atoms with Crippen molar-refractivity contribution < 1.29 is 22.9 Å². The lowest BCUT2D eigenvalue weighted by molar-refractivity contribution is -0.385. The first-order valence-electron chi connectivity index (χ1n) is 8.39. The van der Waals surface area contributed by atoms with Crippen molar-refractivity contribution in [3.63, 3.8) is 0 Å². The summed E-state index contributed by atoms with van der Waals surface area (Å²) in [4.78, 5) is 23.0. The zero-order chi connectivity index (χ0) is 20.5. The van der Waals surface area contributed by atoms with Gasteiger partial charge in [-0.15, -0.1) is 0 Å². The van der Waals surface area contributed by atoms with Crippen molar-refractivity contribution in [2.24, 2.45) is 7.05 Å². The van der Waals surface area contributed by atoms with Crippen LogP contribution < -0.4 is 5.32 Å². The molecule has 2 aromatic rings. The van der Waals surface area contributed by atoms with Gasteiger partial charge in [-0.05, 0) is 31.2 Å². The second-order valence-corrected chi connectivity index (χ2v) is 8.10. The molecule has 1 amide bonds. The molecule has 0 unspecified atom stereocenters. The van der Waals surface area contributed by atoms with Crippen molar-refractivity contribution in [1.29, 1.82) is 0 Å². The van der Waals surface area contributed by atoms with Gasteiger partial charge in [-0.2, -0.15) is 9.40 Å². The normalized spacial score (nSPS) is 15.4. The standard InChI is InChI=1S/C16H19N5O6S/c1-11-15(21(23)24)14(18-19(11)2)16(22)17-12-3-5-13(6-4-12)28(25,26)20-7-9-27-10-8-20/h3-6H,7-10H2,1-2H3,(H,17,22). The quantitative estimate of drug-likeness (QED) is 0.572. The summed E-state index contributed by atoms with van der Waals surface area (Å²) in [6, 6.07) is 5.59. The molecule has 0 spiro atoms. The van der Waals surface area contributed by atoms with Gasteiger partial charge in [-0.3, -0.25) is 19.6 Å². The summed E-state index contributed by atoms with van der Waals surface area (Å²) in [5.41, 5.74) is -0.132. The van der Waals surface area contributed by atoms with Crippen LogP contribution in [0.15, 0.2) is 29.2 Å². The largest absolute Gasteiger partial charge is 0.379 e. The number of ether oxygens (including phenoxy) is 1. The van der Waals surface area contributed by atoms with E-state index in [9.17, 15) is 23.3 Å². The number of benzene rings is 1. The number of sulfonamides is 1. The van der Waals surface area contributed by atoms with Crippen LogP contribution in [0, 0.1) is 17.0 Å². The number of nitrogens with zero attached hydrogens (tertiary/aromatic N) is 4. The second-order valence-electron chi connectivity index (χ2n) is 6.16. The van der Waals surface area contributed by atoms with Crippen LogP contribution in [0.3, 0.4) is 0 Å². The third-order valence-electron chi connectivity index (χ3n) is 4.42. The molecule has 3 rings (SSSR count). The maximum Gasteiger partial charge on any atom is 0.322 e. The Bertz CT molecular complexity index is 1010. The van der Waals surface area contributed by atoms with Crippen molar-refractivity contribution in [3.8, 4) is 0 Å². The SMILES string of the molecule is Cc1c([N+](=O)[O-])c(C(=O)Nc2ccc(S(=O)(=O)N3CCOCC3)cc2)nn1C. The number of hydrogen-bond acceptors (Lipinski definition) is 7. The van der Waals surface area contributed by atoms with Crippen molar-refractivity contribution in [1.82, 2.24) is 14.1 Å². The Morgan fingerprint density at radius 1 is 1.25 bits per heavy atom. The molecule has 1 aromatic carbocycles. The number of amides is 1. The molecule has 1 saturated heterocycles. The number of nitrogens with one attached hydrogen (secondary N) is 1. The highest BCUT2D eigenvalue weighted by atomic mass is 32.2. The summed E-state index contributed by atoms with van der Waals surface area (Å²) in [6.45, 7) is 2.74. The second kappa shape index (κ2) is 7.66. The highest BCUT2D eigenvalue weighted by Crippen LogP contribution is 2.24. The summed E-state index contributed by atoms with van der Waals surface area (Å²) >= 11 is 0. The third kappa shape index (κ3) is 3.74. The van der Waals surface area contributed by atoms with Crippen LogP contribution >= 0.6 is 0 Å². The van der Waals surface area contributed by atoms with Gasteiger partial charge >= 0.3 is 5.69 Å². The summed E-state index contributed by atoms with van der Waals surface area (Å²) in [5.74, 6) is -0.751. The Labute approximate surface area is 161 Å². The van der Waals surface area contributed by atoms with Crippen LogP contribution in [0.25, 0.3) is 0 Å². The molecule has 1 N–H and O–H groups in total. The number of aromatic nitrogens is 2. The average Bonchev–Trinajstić information content (AvgIpc) is 2.98. The first kappa shape index (κ1) is 19.9. The monoisotopic (exact) mass is 409 g/mol. The highest BCUT2D eigenvalue weighted by molar-refractivity contribution is 7.89. The minimum atomic E-state index is -3.64. The van der Waals surface area contributed by atoms with Crippen molar-refractivity contribution in [2.45, 2.75) is 11.8 Å². The van der Waals surface area contributed by atoms with Gasteiger partial charge in [-0.25, -0.2) is 8.42 Å². The number of hydrogen-bond donors (Lipinski definition) is 1. The van der Waals surface area contributed by atoms with E-state index in [0.717, 1.165) is 0 Å². The van der Waals surface area contributed by atoms with Crippen LogP contribution in [-0.4, -0.2) is 59.6 Å². The molecule has 2 heterocycles. The third-order valence-corrected chi connectivity index (χ3v) is 6.33. The number of nitro groups is 1. The molecule has 12 heteroatoms. The minimum Gasteiger partial charge on any atom is -0.379 e. The molecule has 28 heavy (non-hydrogen) atoms. The van der Waals surface area contributed by atoms with Crippen LogP contribution in [-0.2, 0) is 21.8 Å². The molecule has 11 nitrogen and oxygen atoms in total. The lowest BCUT2D eigenvalue weighted by Crippen LogP contribution is -2.40. The van der Waals surface area contributed by atoms with E-state index in [1.165, 1.54) is 47.2 Å². The molecular weight excluding hydrogens is 390 g/mol. The molecule has 0 radical (unpaired) electrons. The van der Waals surface area contributed by atoms with E-state index >= 15 is 0 Å². The molecule has 0 aliphatic carbocycles. The predicted molar refractivity (Wildman–Crippen MR) is 98.6 cm³/mol. The minimum absolute atomic E-state index is 0.0899. The van der Waals surface area contributed by atoms with Crippen molar-refractivity contribution in [2.75, 3.05) is 31.6 Å². The zero-order valence-corrected chi connectivity index (χ0v) is 16.1. The fourth-order valence-corrected chi connectivity index (χ4v) is 4.21. The number of anilines is 1. The molecule has 1 aliphatic heterocycles. The van der Waals surface area contributed by atoms with Gasteiger partial charge in [0.15, 0.2) is 0 Å². The number of aryl methyl sites for hydroxylation is 1. The Hall–Kier alpha value is -2.83. The number of morpholine rings is 1. The van der Waals surface area contributed by atoms with E-state index in [0.29, 0.717) is 18.9 Å². The van der Waals surface area contributed by atoms with Crippen molar-refractivity contribution >= 4 is 27.3 Å². The van der Waals surface area contributed by atoms with Gasteiger partial charge in [-0.1, -0.05) is 0 Å². The topological polar surface area (TPSA) is 137 Å². The zero-order valence-electron chi connectivity index (χ0n) is 15.3. The molecular formula is C16H19N5O6S. The first-order chi connectivity index (χ1) is 13.2. The maximum absolute atomic E-state index is 12.6. The van der Waals surface area contributed by atoms with E-state index in [2.05, 4.69) is 10.4 Å². The molecule has 0 saturated carbocycles. The number of carbonyl (C=O) groups is 1. The lowest BCUT2D eigenvalue weighted by Gasteiger charge is -2.26. The summed E-state index contributed by atoms with van der Waals surface area (Å²) in [6.07, 6.45) is 0. The first-order valence-corrected chi connectivity index (χ1v) is 9.83. The fourth-order valence-electron chi connectivity index (χ4n) is 2.81. The molecule has 150 valence electrons. The predicted octanol–water partition coefficient (Wildman–Crippen LogP) is 0.910. The van der Waals surface area contributed by atoms with Crippen molar-refractivity contribution in [3.05, 3.63) is 45.8 Å².